The molecule has 3 N–H and O–H groups in total. The van der Waals surface area contributed by atoms with Crippen molar-refractivity contribution in [1.29, 1.82) is 0 Å². The van der Waals surface area contributed by atoms with Crippen LogP contribution < -0.4 is 5.73 Å². The molecule has 1 heterocycles. The van der Waals surface area contributed by atoms with E-state index >= 15 is 0 Å². The Morgan fingerprint density at radius 2 is 2.36 bits per heavy atom. The second kappa shape index (κ2) is 2.70. The summed E-state index contributed by atoms with van der Waals surface area (Å²) in [6.45, 7) is 0. The highest BCUT2D eigenvalue weighted by Gasteiger charge is 2.25. The molecule has 11 heavy (non-hydrogen) atoms. The Labute approximate surface area is 66.8 Å². The molecule has 1 fully saturated rings. The molecule has 2 heteroatoms. The summed E-state index contributed by atoms with van der Waals surface area (Å²) in [7, 11) is 0. The van der Waals surface area contributed by atoms with Crippen LogP contribution in [0.25, 0.3) is 0 Å². The molecule has 0 aromatic carbocycles. The van der Waals surface area contributed by atoms with Gasteiger partial charge in [-0.3, -0.25) is 0 Å². The fourth-order valence-corrected chi connectivity index (χ4v) is 1.60. The van der Waals surface area contributed by atoms with Crippen molar-refractivity contribution in [3.05, 3.63) is 24.0 Å². The highest BCUT2D eigenvalue weighted by Crippen LogP contribution is 2.35. The molecule has 0 aliphatic heterocycles. The van der Waals surface area contributed by atoms with Gasteiger partial charge in [-0.05, 0) is 30.9 Å². The molecule has 0 unspecified atom stereocenters. The summed E-state index contributed by atoms with van der Waals surface area (Å²) in [6.07, 6.45) is 5.91. The third-order valence-corrected chi connectivity index (χ3v) is 2.64. The first-order chi connectivity index (χ1) is 5.38. The largest absolute Gasteiger partial charge is 0.364 e. The molecule has 0 spiro atoms. The third-order valence-electron chi connectivity index (χ3n) is 2.64. The smallest absolute Gasteiger partial charge is 0.0476 e. The van der Waals surface area contributed by atoms with Crippen molar-refractivity contribution in [3.8, 4) is 0 Å². The molecule has 0 amide bonds. The minimum Gasteiger partial charge on any atom is -0.364 e. The summed E-state index contributed by atoms with van der Waals surface area (Å²) in [4.78, 5) is 3.16. The van der Waals surface area contributed by atoms with Crippen LogP contribution in [-0.2, 0) is 0 Å². The van der Waals surface area contributed by atoms with E-state index < -0.39 is 0 Å². The van der Waals surface area contributed by atoms with Crippen LogP contribution >= 0.6 is 0 Å². The van der Waals surface area contributed by atoms with Crippen molar-refractivity contribution in [2.24, 2.45) is 11.7 Å². The summed E-state index contributed by atoms with van der Waals surface area (Å²) in [5.41, 5.74) is 7.20. The first-order valence-electron chi connectivity index (χ1n) is 4.27. The molecule has 1 atom stereocenters. The van der Waals surface area contributed by atoms with Gasteiger partial charge in [-0.25, -0.2) is 0 Å². The molecule has 1 aromatic heterocycles. The lowest BCUT2D eigenvalue weighted by Crippen LogP contribution is -2.26. The number of H-pyrrole nitrogens is 1. The number of nitrogens with one attached hydrogen (secondary N) is 1. The molecule has 1 saturated carbocycles. The Hall–Kier alpha value is -0.760. The van der Waals surface area contributed by atoms with Crippen LogP contribution in [0.3, 0.4) is 0 Å². The lowest BCUT2D eigenvalue weighted by molar-refractivity contribution is 0.261. The van der Waals surface area contributed by atoms with Crippen LogP contribution in [0.4, 0.5) is 0 Å². The maximum absolute atomic E-state index is 6.01. The molecular weight excluding hydrogens is 136 g/mol. The predicted octanol–water partition coefficient (Wildman–Crippen LogP) is 1.81. The number of hydrogen-bond acceptors (Lipinski definition) is 1. The van der Waals surface area contributed by atoms with Crippen molar-refractivity contribution in [2.75, 3.05) is 0 Å². The van der Waals surface area contributed by atoms with Crippen LogP contribution in [0.15, 0.2) is 18.3 Å². The van der Waals surface area contributed by atoms with Crippen LogP contribution in [0.2, 0.25) is 0 Å². The molecule has 1 aliphatic rings. The molecule has 1 aliphatic carbocycles. The molecule has 0 radical (unpaired) electrons. The van der Waals surface area contributed by atoms with E-state index in [1.54, 1.807) is 0 Å². The van der Waals surface area contributed by atoms with Gasteiger partial charge < -0.3 is 10.7 Å². The number of nitrogens with two attached hydrogens (primary N) is 1. The monoisotopic (exact) mass is 150 g/mol. The average molecular weight is 150 g/mol. The number of hydrogen-bond donors (Lipinski definition) is 2. The third kappa shape index (κ3) is 1.18. The van der Waals surface area contributed by atoms with Crippen molar-refractivity contribution >= 4 is 0 Å². The van der Waals surface area contributed by atoms with E-state index in [1.807, 2.05) is 12.3 Å². The number of aromatic amines is 1. The van der Waals surface area contributed by atoms with Crippen LogP contribution in [0.5, 0.6) is 0 Å². The van der Waals surface area contributed by atoms with E-state index in [-0.39, 0.29) is 6.04 Å². The van der Waals surface area contributed by atoms with Crippen LogP contribution in [0, 0.1) is 5.92 Å². The Morgan fingerprint density at radius 1 is 1.55 bits per heavy atom. The fourth-order valence-electron chi connectivity index (χ4n) is 1.60. The lowest BCUT2D eigenvalue weighted by atomic mass is 9.79. The van der Waals surface area contributed by atoms with E-state index in [0.717, 1.165) is 5.92 Å². The second-order valence-corrected chi connectivity index (χ2v) is 3.34. The van der Waals surface area contributed by atoms with Crippen molar-refractivity contribution < 1.29 is 0 Å². The molecular formula is C9H14N2. The molecule has 0 bridgehead atoms. The second-order valence-electron chi connectivity index (χ2n) is 3.34. The summed E-state index contributed by atoms with van der Waals surface area (Å²) in [6, 6.07) is 4.33. The molecule has 60 valence electrons. The molecule has 1 aromatic rings. The number of aromatic nitrogens is 1. The fraction of sp³-hybridized carbons (Fsp3) is 0.556. The standard InChI is InChI=1S/C9H14N2/c10-9(7-3-1-4-7)8-5-2-6-11-8/h2,5-7,9,11H,1,3-4,10H2/t9-/m0/s1. The average Bonchev–Trinajstić information content (AvgIpc) is 2.32. The van der Waals surface area contributed by atoms with Gasteiger partial charge in [0.25, 0.3) is 0 Å². The van der Waals surface area contributed by atoms with Crippen molar-refractivity contribution in [3.63, 3.8) is 0 Å². The van der Waals surface area contributed by atoms with E-state index in [0.29, 0.717) is 0 Å². The van der Waals surface area contributed by atoms with Crippen molar-refractivity contribution in [2.45, 2.75) is 25.3 Å². The first-order valence-corrected chi connectivity index (χ1v) is 4.27. The zero-order valence-corrected chi connectivity index (χ0v) is 6.59. The van der Waals surface area contributed by atoms with Gasteiger partial charge in [0.1, 0.15) is 0 Å². The van der Waals surface area contributed by atoms with Crippen LogP contribution in [-0.4, -0.2) is 4.98 Å². The van der Waals surface area contributed by atoms with E-state index in [1.165, 1.54) is 25.0 Å². The summed E-state index contributed by atoms with van der Waals surface area (Å²) in [5.74, 6) is 0.730. The van der Waals surface area contributed by atoms with E-state index in [2.05, 4.69) is 11.1 Å². The van der Waals surface area contributed by atoms with E-state index in [4.69, 9.17) is 5.73 Å². The van der Waals surface area contributed by atoms with Crippen molar-refractivity contribution in [1.82, 2.24) is 4.98 Å². The predicted molar refractivity (Wildman–Crippen MR) is 45.1 cm³/mol. The Balaban J connectivity index is 2.04. The first kappa shape index (κ1) is 6.92. The minimum atomic E-state index is 0.249. The maximum Gasteiger partial charge on any atom is 0.0476 e. The van der Waals surface area contributed by atoms with Gasteiger partial charge >= 0.3 is 0 Å². The molecule has 0 saturated heterocycles. The minimum absolute atomic E-state index is 0.249. The van der Waals surface area contributed by atoms with Gasteiger partial charge in [-0.15, -0.1) is 0 Å². The number of rotatable bonds is 2. The maximum atomic E-state index is 6.01. The Bertz CT molecular complexity index is 211. The topological polar surface area (TPSA) is 41.8 Å². The van der Waals surface area contributed by atoms with Gasteiger partial charge in [-0.2, -0.15) is 0 Å². The summed E-state index contributed by atoms with van der Waals surface area (Å²) >= 11 is 0. The van der Waals surface area contributed by atoms with Gasteiger partial charge in [0, 0.05) is 17.9 Å². The van der Waals surface area contributed by atoms with Gasteiger partial charge in [-0.1, -0.05) is 6.42 Å². The summed E-state index contributed by atoms with van der Waals surface area (Å²) < 4.78 is 0. The zero-order valence-electron chi connectivity index (χ0n) is 6.59. The van der Waals surface area contributed by atoms with E-state index in [9.17, 15) is 0 Å². The Morgan fingerprint density at radius 3 is 2.82 bits per heavy atom. The highest BCUT2D eigenvalue weighted by molar-refractivity contribution is 5.10. The lowest BCUT2D eigenvalue weighted by Gasteiger charge is -2.30. The van der Waals surface area contributed by atoms with Gasteiger partial charge in [0.15, 0.2) is 0 Å². The quantitative estimate of drug-likeness (QED) is 0.663. The normalized spacial score (nSPS) is 21.2. The SMILES string of the molecule is N[C@H](c1ccc[nH]1)C1CCC1. The zero-order chi connectivity index (χ0) is 7.68. The molecule has 2 rings (SSSR count). The van der Waals surface area contributed by atoms with Crippen LogP contribution in [0.1, 0.15) is 31.0 Å². The van der Waals surface area contributed by atoms with Gasteiger partial charge in [0.2, 0.25) is 0 Å². The van der Waals surface area contributed by atoms with Gasteiger partial charge in [0.05, 0.1) is 0 Å². The Kier molecular flexibility index (Phi) is 1.70. The molecule has 2 nitrogen and oxygen atoms in total. The summed E-state index contributed by atoms with van der Waals surface area (Å²) in [5, 5.41) is 0. The highest BCUT2D eigenvalue weighted by atomic mass is 14.8.